The molecule has 2 rings (SSSR count). The maximum absolute atomic E-state index is 13.5. The van der Waals surface area contributed by atoms with Crippen LogP contribution in [0, 0.1) is 17.5 Å². The van der Waals surface area contributed by atoms with Crippen LogP contribution in [-0.4, -0.2) is 8.42 Å². The number of anilines is 1. The number of nitrogens with two attached hydrogens (primary N) is 1. The van der Waals surface area contributed by atoms with E-state index in [0.717, 1.165) is 30.3 Å². The number of hydrogen-bond acceptors (Lipinski definition) is 3. The molecule has 0 saturated carbocycles. The molecule has 0 fully saturated rings. The number of rotatable bonds is 3. The smallest absolute Gasteiger partial charge is 0.184 e. The summed E-state index contributed by atoms with van der Waals surface area (Å²) in [6, 6.07) is 6.04. The molecule has 2 N–H and O–H groups in total. The lowest BCUT2D eigenvalue weighted by atomic mass is 10.2. The van der Waals surface area contributed by atoms with Crippen molar-refractivity contribution < 1.29 is 21.6 Å². The van der Waals surface area contributed by atoms with Crippen LogP contribution in [0.1, 0.15) is 5.56 Å². The first kappa shape index (κ1) is 14.4. The molecule has 0 amide bonds. The van der Waals surface area contributed by atoms with E-state index < -0.39 is 33.0 Å². The third kappa shape index (κ3) is 2.77. The summed E-state index contributed by atoms with van der Waals surface area (Å²) < 4.78 is 63.6. The topological polar surface area (TPSA) is 60.2 Å². The van der Waals surface area contributed by atoms with Crippen LogP contribution in [0.15, 0.2) is 41.3 Å². The standard InChI is InChI=1S/C13H10F3NO2S/c14-9-4-5-12(11(17)6-9)20(18,19)7-8-2-1-3-10(15)13(8)16/h1-6H,7,17H2. The molecule has 0 aliphatic heterocycles. The highest BCUT2D eigenvalue weighted by Crippen LogP contribution is 2.24. The fourth-order valence-electron chi connectivity index (χ4n) is 1.74. The minimum Gasteiger partial charge on any atom is -0.398 e. The third-order valence-electron chi connectivity index (χ3n) is 2.68. The maximum Gasteiger partial charge on any atom is 0.184 e. The van der Waals surface area contributed by atoms with Gasteiger partial charge in [-0.2, -0.15) is 0 Å². The number of nitrogen functional groups attached to an aromatic ring is 1. The predicted molar refractivity (Wildman–Crippen MR) is 68.1 cm³/mol. The second kappa shape index (κ2) is 5.16. The van der Waals surface area contributed by atoms with E-state index >= 15 is 0 Å². The minimum atomic E-state index is -4.00. The summed E-state index contributed by atoms with van der Waals surface area (Å²) in [6.45, 7) is 0. The van der Waals surface area contributed by atoms with Crippen molar-refractivity contribution in [1.29, 1.82) is 0 Å². The molecule has 106 valence electrons. The van der Waals surface area contributed by atoms with Crippen molar-refractivity contribution in [2.75, 3.05) is 5.73 Å². The summed E-state index contributed by atoms with van der Waals surface area (Å²) >= 11 is 0. The van der Waals surface area contributed by atoms with Gasteiger partial charge in [-0.25, -0.2) is 21.6 Å². The fraction of sp³-hybridized carbons (Fsp3) is 0.0769. The van der Waals surface area contributed by atoms with Crippen LogP contribution in [0.3, 0.4) is 0 Å². The van der Waals surface area contributed by atoms with E-state index in [1.165, 1.54) is 6.07 Å². The number of halogens is 3. The van der Waals surface area contributed by atoms with Gasteiger partial charge in [-0.15, -0.1) is 0 Å². The van der Waals surface area contributed by atoms with Crippen LogP contribution in [0.5, 0.6) is 0 Å². The van der Waals surface area contributed by atoms with E-state index in [4.69, 9.17) is 5.73 Å². The van der Waals surface area contributed by atoms with E-state index in [-0.39, 0.29) is 16.1 Å². The first-order valence-corrected chi connectivity index (χ1v) is 7.17. The molecular formula is C13H10F3NO2S. The zero-order chi connectivity index (χ0) is 14.9. The molecule has 7 heteroatoms. The lowest BCUT2D eigenvalue weighted by Crippen LogP contribution is -2.10. The molecule has 0 radical (unpaired) electrons. The lowest BCUT2D eigenvalue weighted by molar-refractivity contribution is 0.501. The van der Waals surface area contributed by atoms with Gasteiger partial charge in [0.25, 0.3) is 0 Å². The molecule has 0 aliphatic carbocycles. The number of benzene rings is 2. The van der Waals surface area contributed by atoms with Crippen LogP contribution < -0.4 is 5.73 Å². The number of sulfone groups is 1. The van der Waals surface area contributed by atoms with Gasteiger partial charge in [-0.3, -0.25) is 0 Å². The molecule has 0 atom stereocenters. The van der Waals surface area contributed by atoms with Gasteiger partial charge in [0.2, 0.25) is 0 Å². The average Bonchev–Trinajstić information content (AvgIpc) is 2.34. The zero-order valence-electron chi connectivity index (χ0n) is 10.1. The molecule has 20 heavy (non-hydrogen) atoms. The first-order valence-electron chi connectivity index (χ1n) is 5.52. The van der Waals surface area contributed by atoms with Gasteiger partial charge in [0.05, 0.1) is 16.3 Å². The highest BCUT2D eigenvalue weighted by molar-refractivity contribution is 7.90. The van der Waals surface area contributed by atoms with Crippen LogP contribution >= 0.6 is 0 Å². The fourth-order valence-corrected chi connectivity index (χ4v) is 3.23. The van der Waals surface area contributed by atoms with Gasteiger partial charge in [0.15, 0.2) is 21.5 Å². The molecule has 0 heterocycles. The van der Waals surface area contributed by atoms with Crippen LogP contribution in [0.4, 0.5) is 18.9 Å². The summed E-state index contributed by atoms with van der Waals surface area (Å²) in [5.41, 5.74) is 4.85. The van der Waals surface area contributed by atoms with Gasteiger partial charge in [0.1, 0.15) is 5.82 Å². The highest BCUT2D eigenvalue weighted by Gasteiger charge is 2.21. The molecule has 3 nitrogen and oxygen atoms in total. The Labute approximate surface area is 113 Å². The zero-order valence-corrected chi connectivity index (χ0v) is 10.9. The lowest BCUT2D eigenvalue weighted by Gasteiger charge is -2.08. The van der Waals surface area contributed by atoms with Crippen LogP contribution in [0.25, 0.3) is 0 Å². The third-order valence-corrected chi connectivity index (χ3v) is 4.42. The van der Waals surface area contributed by atoms with Crippen molar-refractivity contribution in [1.82, 2.24) is 0 Å². The van der Waals surface area contributed by atoms with E-state index in [2.05, 4.69) is 0 Å². The Morgan fingerprint density at radius 2 is 1.75 bits per heavy atom. The van der Waals surface area contributed by atoms with E-state index in [0.29, 0.717) is 0 Å². The molecule has 0 bridgehead atoms. The molecule has 2 aromatic rings. The van der Waals surface area contributed by atoms with Crippen molar-refractivity contribution in [3.05, 3.63) is 59.4 Å². The van der Waals surface area contributed by atoms with E-state index in [1.54, 1.807) is 0 Å². The van der Waals surface area contributed by atoms with Crippen LogP contribution in [-0.2, 0) is 15.6 Å². The second-order valence-corrected chi connectivity index (χ2v) is 6.11. The van der Waals surface area contributed by atoms with Crippen molar-refractivity contribution >= 4 is 15.5 Å². The molecule has 0 unspecified atom stereocenters. The van der Waals surface area contributed by atoms with E-state index in [1.807, 2.05) is 0 Å². The minimum absolute atomic E-state index is 0.276. The van der Waals surface area contributed by atoms with Gasteiger partial charge in [-0.05, 0) is 24.3 Å². The second-order valence-electron chi connectivity index (χ2n) is 4.15. The molecule has 2 aromatic carbocycles. The van der Waals surface area contributed by atoms with E-state index in [9.17, 15) is 21.6 Å². The van der Waals surface area contributed by atoms with Crippen molar-refractivity contribution in [3.63, 3.8) is 0 Å². The Morgan fingerprint density at radius 1 is 1.05 bits per heavy atom. The summed E-state index contributed by atoms with van der Waals surface area (Å²) in [5, 5.41) is 0. The molecule has 0 aliphatic rings. The number of hydrogen-bond donors (Lipinski definition) is 1. The maximum atomic E-state index is 13.5. The average molecular weight is 301 g/mol. The van der Waals surface area contributed by atoms with Crippen molar-refractivity contribution in [2.24, 2.45) is 0 Å². The monoisotopic (exact) mass is 301 g/mol. The highest BCUT2D eigenvalue weighted by atomic mass is 32.2. The van der Waals surface area contributed by atoms with Gasteiger partial charge in [0, 0.05) is 5.56 Å². The summed E-state index contributed by atoms with van der Waals surface area (Å²) in [6.07, 6.45) is 0. The molecule has 0 saturated heterocycles. The quantitative estimate of drug-likeness (QED) is 0.700. The summed E-state index contributed by atoms with van der Waals surface area (Å²) in [7, 11) is -4.00. The SMILES string of the molecule is Nc1cc(F)ccc1S(=O)(=O)Cc1cccc(F)c1F. The van der Waals surface area contributed by atoms with Crippen LogP contribution in [0.2, 0.25) is 0 Å². The Morgan fingerprint density at radius 3 is 2.40 bits per heavy atom. The van der Waals surface area contributed by atoms with Crippen molar-refractivity contribution in [2.45, 2.75) is 10.6 Å². The van der Waals surface area contributed by atoms with Gasteiger partial charge < -0.3 is 5.73 Å². The van der Waals surface area contributed by atoms with Crippen molar-refractivity contribution in [3.8, 4) is 0 Å². The Balaban J connectivity index is 2.44. The van der Waals surface area contributed by atoms with Gasteiger partial charge in [-0.1, -0.05) is 12.1 Å². The Kier molecular flexibility index (Phi) is 3.71. The summed E-state index contributed by atoms with van der Waals surface area (Å²) in [5.74, 6) is -3.80. The van der Waals surface area contributed by atoms with Gasteiger partial charge >= 0.3 is 0 Å². The Bertz CT molecular complexity index is 760. The molecule has 0 aromatic heterocycles. The largest absolute Gasteiger partial charge is 0.398 e. The Hall–Kier alpha value is -2.02. The molecule has 0 spiro atoms. The molecular weight excluding hydrogens is 291 g/mol. The predicted octanol–water partition coefficient (Wildman–Crippen LogP) is 2.66. The summed E-state index contributed by atoms with van der Waals surface area (Å²) in [4.78, 5) is -0.317. The first-order chi connectivity index (χ1) is 9.31. The normalized spacial score (nSPS) is 11.6.